The normalized spacial score (nSPS) is 21.3. The lowest BCUT2D eigenvalue weighted by molar-refractivity contribution is 0.0231. The summed E-state index contributed by atoms with van der Waals surface area (Å²) in [5, 5.41) is 3.46. The topological polar surface area (TPSA) is 21.3 Å². The maximum absolute atomic E-state index is 6.40. The fourth-order valence-corrected chi connectivity index (χ4v) is 3.07. The summed E-state index contributed by atoms with van der Waals surface area (Å²) in [6.45, 7) is 8.76. The Morgan fingerprint density at radius 2 is 1.94 bits per heavy atom. The van der Waals surface area contributed by atoms with Crippen LogP contribution in [0.1, 0.15) is 55.8 Å². The van der Waals surface area contributed by atoms with E-state index < -0.39 is 0 Å². The first-order chi connectivity index (χ1) is 8.55. The third-order valence-corrected chi connectivity index (χ3v) is 4.35. The summed E-state index contributed by atoms with van der Waals surface area (Å²) in [6.07, 6.45) is 3.19. The van der Waals surface area contributed by atoms with Gasteiger partial charge < -0.3 is 10.1 Å². The van der Waals surface area contributed by atoms with Gasteiger partial charge in [-0.25, -0.2) is 0 Å². The summed E-state index contributed by atoms with van der Waals surface area (Å²) >= 11 is 0. The molecule has 2 heteroatoms. The summed E-state index contributed by atoms with van der Waals surface area (Å²) in [6, 6.07) is 4.89. The largest absolute Gasteiger partial charge is 0.487 e. The molecule has 1 N–H and O–H groups in total. The molecule has 100 valence electrons. The highest BCUT2D eigenvalue weighted by molar-refractivity contribution is 5.47. The van der Waals surface area contributed by atoms with E-state index in [0.29, 0.717) is 6.04 Å². The lowest BCUT2D eigenvalue weighted by Crippen LogP contribution is -2.43. The molecule has 1 aromatic rings. The Kier molecular flexibility index (Phi) is 3.67. The van der Waals surface area contributed by atoms with Crippen LogP contribution in [-0.2, 0) is 0 Å². The van der Waals surface area contributed by atoms with Crippen LogP contribution >= 0.6 is 0 Å². The third-order valence-electron chi connectivity index (χ3n) is 4.35. The summed E-state index contributed by atoms with van der Waals surface area (Å²) in [5.41, 5.74) is 3.90. The Balaban J connectivity index is 2.51. The van der Waals surface area contributed by atoms with E-state index in [1.165, 1.54) is 16.7 Å². The van der Waals surface area contributed by atoms with Gasteiger partial charge in [0.25, 0.3) is 0 Å². The highest BCUT2D eigenvalue weighted by atomic mass is 16.5. The quantitative estimate of drug-likeness (QED) is 0.874. The summed E-state index contributed by atoms with van der Waals surface area (Å²) in [4.78, 5) is 0. The SMILES string of the molecule is CCC1(CC)CC(NC)c2cc(C)cc(C)c2O1. The van der Waals surface area contributed by atoms with Crippen molar-refractivity contribution in [1.29, 1.82) is 0 Å². The molecule has 0 saturated heterocycles. The Morgan fingerprint density at radius 1 is 1.28 bits per heavy atom. The van der Waals surface area contributed by atoms with Crippen LogP contribution in [0, 0.1) is 13.8 Å². The van der Waals surface area contributed by atoms with Gasteiger partial charge in [-0.05, 0) is 39.3 Å². The van der Waals surface area contributed by atoms with Gasteiger partial charge in [-0.15, -0.1) is 0 Å². The molecule has 0 aromatic heterocycles. The number of ether oxygens (including phenoxy) is 1. The molecule has 0 radical (unpaired) electrons. The maximum Gasteiger partial charge on any atom is 0.127 e. The van der Waals surface area contributed by atoms with Gasteiger partial charge in [-0.2, -0.15) is 0 Å². The molecule has 18 heavy (non-hydrogen) atoms. The van der Waals surface area contributed by atoms with E-state index in [1.54, 1.807) is 0 Å². The van der Waals surface area contributed by atoms with Crippen molar-refractivity contribution in [2.75, 3.05) is 7.05 Å². The predicted molar refractivity (Wildman–Crippen MR) is 76.3 cm³/mol. The van der Waals surface area contributed by atoms with Crippen molar-refractivity contribution in [3.05, 3.63) is 28.8 Å². The number of rotatable bonds is 3. The molecule has 1 aliphatic heterocycles. The van der Waals surface area contributed by atoms with Gasteiger partial charge in [0.1, 0.15) is 11.4 Å². The molecular weight excluding hydrogens is 222 g/mol. The fraction of sp³-hybridized carbons (Fsp3) is 0.625. The van der Waals surface area contributed by atoms with Crippen molar-refractivity contribution >= 4 is 0 Å². The Labute approximate surface area is 111 Å². The highest BCUT2D eigenvalue weighted by Gasteiger charge is 2.38. The molecular formula is C16H25NO. The van der Waals surface area contributed by atoms with Gasteiger partial charge in [0.15, 0.2) is 0 Å². The zero-order chi connectivity index (χ0) is 13.3. The second-order valence-electron chi connectivity index (χ2n) is 5.54. The average molecular weight is 247 g/mol. The minimum Gasteiger partial charge on any atom is -0.487 e. The van der Waals surface area contributed by atoms with Crippen LogP contribution in [0.4, 0.5) is 0 Å². The molecule has 1 unspecified atom stereocenters. The van der Waals surface area contributed by atoms with Gasteiger partial charge in [-0.1, -0.05) is 31.5 Å². The highest BCUT2D eigenvalue weighted by Crippen LogP contribution is 2.44. The number of hydrogen-bond donors (Lipinski definition) is 1. The van der Waals surface area contributed by atoms with E-state index in [1.807, 2.05) is 7.05 Å². The molecule has 1 aromatic carbocycles. The second-order valence-corrected chi connectivity index (χ2v) is 5.54. The minimum atomic E-state index is 0.000689. The zero-order valence-corrected chi connectivity index (χ0v) is 12.3. The van der Waals surface area contributed by atoms with Crippen LogP contribution in [0.5, 0.6) is 5.75 Å². The molecule has 2 rings (SSSR count). The third kappa shape index (κ3) is 2.14. The van der Waals surface area contributed by atoms with Gasteiger partial charge >= 0.3 is 0 Å². The predicted octanol–water partition coefficient (Wildman–Crippen LogP) is 3.91. The molecule has 1 heterocycles. The number of fused-ring (bicyclic) bond motifs is 1. The number of nitrogens with one attached hydrogen (secondary N) is 1. The van der Waals surface area contributed by atoms with Crippen molar-refractivity contribution < 1.29 is 4.74 Å². The van der Waals surface area contributed by atoms with Crippen molar-refractivity contribution in [2.45, 2.75) is 58.6 Å². The molecule has 2 nitrogen and oxygen atoms in total. The number of hydrogen-bond acceptors (Lipinski definition) is 2. The molecule has 0 spiro atoms. The Hall–Kier alpha value is -1.02. The van der Waals surface area contributed by atoms with Crippen LogP contribution < -0.4 is 10.1 Å². The van der Waals surface area contributed by atoms with Gasteiger partial charge in [-0.3, -0.25) is 0 Å². The Bertz CT molecular complexity index is 435. The lowest BCUT2D eigenvalue weighted by atomic mass is 9.82. The molecule has 0 fully saturated rings. The van der Waals surface area contributed by atoms with E-state index in [0.717, 1.165) is 25.0 Å². The molecule has 0 bridgehead atoms. The van der Waals surface area contributed by atoms with Crippen molar-refractivity contribution in [1.82, 2.24) is 5.32 Å². The lowest BCUT2D eigenvalue weighted by Gasteiger charge is -2.42. The van der Waals surface area contributed by atoms with Crippen LogP contribution in [-0.4, -0.2) is 12.6 Å². The molecule has 0 amide bonds. The smallest absolute Gasteiger partial charge is 0.127 e. The first-order valence-electron chi connectivity index (χ1n) is 7.02. The summed E-state index contributed by atoms with van der Waals surface area (Å²) < 4.78 is 6.40. The van der Waals surface area contributed by atoms with Gasteiger partial charge in [0.2, 0.25) is 0 Å². The van der Waals surface area contributed by atoms with E-state index >= 15 is 0 Å². The molecule has 0 aliphatic carbocycles. The van der Waals surface area contributed by atoms with Gasteiger partial charge in [0.05, 0.1) is 0 Å². The van der Waals surface area contributed by atoms with Crippen LogP contribution in [0.15, 0.2) is 12.1 Å². The van der Waals surface area contributed by atoms with E-state index in [9.17, 15) is 0 Å². The number of benzene rings is 1. The first kappa shape index (κ1) is 13.4. The van der Waals surface area contributed by atoms with Gasteiger partial charge in [0, 0.05) is 18.0 Å². The van der Waals surface area contributed by atoms with Crippen LogP contribution in [0.2, 0.25) is 0 Å². The number of aryl methyl sites for hydroxylation is 2. The first-order valence-corrected chi connectivity index (χ1v) is 7.02. The average Bonchev–Trinajstić information content (AvgIpc) is 2.38. The van der Waals surface area contributed by atoms with Crippen LogP contribution in [0.25, 0.3) is 0 Å². The van der Waals surface area contributed by atoms with Crippen molar-refractivity contribution in [2.24, 2.45) is 0 Å². The minimum absolute atomic E-state index is 0.000689. The summed E-state index contributed by atoms with van der Waals surface area (Å²) in [7, 11) is 2.05. The maximum atomic E-state index is 6.40. The molecule has 1 atom stereocenters. The van der Waals surface area contributed by atoms with E-state index in [4.69, 9.17) is 4.74 Å². The monoisotopic (exact) mass is 247 g/mol. The van der Waals surface area contributed by atoms with Crippen molar-refractivity contribution in [3.8, 4) is 5.75 Å². The molecule has 1 aliphatic rings. The summed E-state index contributed by atoms with van der Waals surface area (Å²) in [5.74, 6) is 1.11. The van der Waals surface area contributed by atoms with Crippen molar-refractivity contribution in [3.63, 3.8) is 0 Å². The zero-order valence-electron chi connectivity index (χ0n) is 12.3. The standard InChI is InChI=1S/C16H25NO/c1-6-16(7-2)10-14(17-5)13-9-11(3)8-12(4)15(13)18-16/h8-9,14,17H,6-7,10H2,1-5H3. The van der Waals surface area contributed by atoms with Crippen LogP contribution in [0.3, 0.4) is 0 Å². The fourth-order valence-electron chi connectivity index (χ4n) is 3.07. The molecule has 0 saturated carbocycles. The second kappa shape index (κ2) is 4.93. The van der Waals surface area contributed by atoms with E-state index in [-0.39, 0.29) is 5.60 Å². The Morgan fingerprint density at radius 3 is 2.50 bits per heavy atom. The van der Waals surface area contributed by atoms with E-state index in [2.05, 4.69) is 45.1 Å².